The topological polar surface area (TPSA) is 96.0 Å². The summed E-state index contributed by atoms with van der Waals surface area (Å²) in [5.41, 5.74) is 3.12. The maximum Gasteiger partial charge on any atom is 0.264 e. The number of hydrogen-bond donors (Lipinski definition) is 1. The van der Waals surface area contributed by atoms with Crippen LogP contribution in [-0.4, -0.2) is 51.4 Å². The molecule has 1 atom stereocenters. The summed E-state index contributed by atoms with van der Waals surface area (Å²) in [6.45, 7) is 4.13. The number of benzene rings is 4. The van der Waals surface area contributed by atoms with Gasteiger partial charge in [0, 0.05) is 19.5 Å². The molecule has 45 heavy (non-hydrogen) atoms. The van der Waals surface area contributed by atoms with E-state index in [9.17, 15) is 18.0 Å². The van der Waals surface area contributed by atoms with Gasteiger partial charge in [0.05, 0.1) is 17.7 Å². The van der Waals surface area contributed by atoms with E-state index >= 15 is 0 Å². The van der Waals surface area contributed by atoms with Crippen LogP contribution in [0.2, 0.25) is 0 Å². The molecule has 4 aromatic rings. The summed E-state index contributed by atoms with van der Waals surface area (Å²) >= 11 is 0. The summed E-state index contributed by atoms with van der Waals surface area (Å²) in [5.74, 6) is -0.265. The Kier molecular flexibility index (Phi) is 11.8. The van der Waals surface area contributed by atoms with Gasteiger partial charge in [0.1, 0.15) is 18.3 Å². The number of unbranched alkanes of at least 4 members (excludes halogenated alkanes) is 1. The maximum atomic E-state index is 14.5. The average Bonchev–Trinajstić information content (AvgIpc) is 3.06. The van der Waals surface area contributed by atoms with Crippen LogP contribution in [0.3, 0.4) is 0 Å². The predicted octanol–water partition coefficient (Wildman–Crippen LogP) is 5.76. The van der Waals surface area contributed by atoms with Gasteiger partial charge in [-0.05, 0) is 60.9 Å². The van der Waals surface area contributed by atoms with Gasteiger partial charge in [-0.3, -0.25) is 13.9 Å². The molecule has 0 aliphatic rings. The molecule has 8 nitrogen and oxygen atoms in total. The fourth-order valence-electron chi connectivity index (χ4n) is 4.95. The second-order valence-electron chi connectivity index (χ2n) is 10.9. The molecule has 0 saturated heterocycles. The summed E-state index contributed by atoms with van der Waals surface area (Å²) in [6.07, 6.45) is 1.98. The maximum absolute atomic E-state index is 14.5. The number of rotatable bonds is 15. The molecular weight excluding hydrogens is 586 g/mol. The predicted molar refractivity (Wildman–Crippen MR) is 178 cm³/mol. The van der Waals surface area contributed by atoms with Crippen LogP contribution in [-0.2, 0) is 32.6 Å². The quantitative estimate of drug-likeness (QED) is 0.169. The molecule has 0 heterocycles. The van der Waals surface area contributed by atoms with Gasteiger partial charge < -0.3 is 15.0 Å². The number of hydrogen-bond acceptors (Lipinski definition) is 5. The van der Waals surface area contributed by atoms with Crippen LogP contribution in [0.1, 0.15) is 36.5 Å². The third-order valence-corrected chi connectivity index (χ3v) is 9.33. The number of nitrogens with one attached hydrogen (secondary N) is 1. The minimum absolute atomic E-state index is 0.0168. The molecule has 4 aromatic carbocycles. The Balaban J connectivity index is 1.76. The van der Waals surface area contributed by atoms with Crippen LogP contribution >= 0.6 is 0 Å². The molecule has 0 unspecified atom stereocenters. The Hall–Kier alpha value is -4.63. The van der Waals surface area contributed by atoms with Gasteiger partial charge in [0.25, 0.3) is 10.0 Å². The van der Waals surface area contributed by atoms with Gasteiger partial charge in [0.2, 0.25) is 11.8 Å². The normalized spacial score (nSPS) is 11.8. The van der Waals surface area contributed by atoms with Crippen LogP contribution in [0.25, 0.3) is 0 Å². The number of anilines is 1. The van der Waals surface area contributed by atoms with E-state index in [1.165, 1.54) is 24.1 Å². The number of amides is 2. The Labute approximate surface area is 266 Å². The number of methoxy groups -OCH3 is 1. The Bertz CT molecular complexity index is 1630. The molecule has 0 aromatic heterocycles. The van der Waals surface area contributed by atoms with Crippen LogP contribution in [0.15, 0.2) is 114 Å². The van der Waals surface area contributed by atoms with Crippen molar-refractivity contribution in [2.45, 2.75) is 50.6 Å². The number of carbonyl (C=O) groups excluding carboxylic acids is 2. The second kappa shape index (κ2) is 15.9. The lowest BCUT2D eigenvalue weighted by Crippen LogP contribution is -2.53. The van der Waals surface area contributed by atoms with E-state index in [1.807, 2.05) is 68.4 Å². The third-order valence-electron chi connectivity index (χ3n) is 7.54. The van der Waals surface area contributed by atoms with E-state index in [-0.39, 0.29) is 23.8 Å². The summed E-state index contributed by atoms with van der Waals surface area (Å²) in [4.78, 5) is 29.8. The molecule has 4 rings (SSSR count). The minimum Gasteiger partial charge on any atom is -0.497 e. The van der Waals surface area contributed by atoms with Crippen LogP contribution in [0.4, 0.5) is 5.69 Å². The van der Waals surface area contributed by atoms with Crippen molar-refractivity contribution in [3.05, 3.63) is 126 Å². The molecule has 2 amide bonds. The first-order chi connectivity index (χ1) is 21.7. The molecule has 1 N–H and O–H groups in total. The van der Waals surface area contributed by atoms with Crippen molar-refractivity contribution in [1.82, 2.24) is 10.2 Å². The van der Waals surface area contributed by atoms with Gasteiger partial charge in [-0.1, -0.05) is 91.7 Å². The fraction of sp³-hybridized carbons (Fsp3) is 0.278. The van der Waals surface area contributed by atoms with Gasteiger partial charge in [-0.15, -0.1) is 0 Å². The number of para-hydroxylation sites is 1. The molecule has 0 radical (unpaired) electrons. The van der Waals surface area contributed by atoms with Gasteiger partial charge in [-0.25, -0.2) is 8.42 Å². The van der Waals surface area contributed by atoms with Crippen LogP contribution < -0.4 is 14.4 Å². The molecule has 0 saturated carbocycles. The van der Waals surface area contributed by atoms with E-state index in [1.54, 1.807) is 42.5 Å². The molecule has 236 valence electrons. The van der Waals surface area contributed by atoms with Crippen molar-refractivity contribution in [3.8, 4) is 5.75 Å². The zero-order valence-electron chi connectivity index (χ0n) is 26.1. The molecular formula is C36H41N3O5S. The van der Waals surface area contributed by atoms with Crippen LogP contribution in [0, 0.1) is 6.92 Å². The standard InChI is InChI=1S/C36H41N3O5S/c1-4-5-24-37-36(41)34(25-29-12-8-6-9-13-29)38(26-30-18-16-28(2)17-19-30)35(40)27-39(31-14-10-7-11-15-31)45(42,43)33-22-20-32(44-3)21-23-33/h6-23,34H,4-5,24-27H2,1-3H3,(H,37,41)/t34-/m0/s1. The smallest absolute Gasteiger partial charge is 0.264 e. The van der Waals surface area contributed by atoms with Gasteiger partial charge in [-0.2, -0.15) is 0 Å². The van der Waals surface area contributed by atoms with Crippen LogP contribution in [0.5, 0.6) is 5.75 Å². The lowest BCUT2D eigenvalue weighted by molar-refractivity contribution is -0.140. The number of carbonyl (C=O) groups is 2. The first-order valence-corrected chi connectivity index (χ1v) is 16.6. The number of sulfonamides is 1. The Morgan fingerprint density at radius 1 is 0.822 bits per heavy atom. The van der Waals surface area contributed by atoms with E-state index < -0.39 is 28.5 Å². The highest BCUT2D eigenvalue weighted by atomic mass is 32.2. The highest BCUT2D eigenvalue weighted by Gasteiger charge is 2.34. The molecule has 0 bridgehead atoms. The lowest BCUT2D eigenvalue weighted by atomic mass is 10.0. The summed E-state index contributed by atoms with van der Waals surface area (Å²) < 4.78 is 34.5. The van der Waals surface area contributed by atoms with Gasteiger partial charge >= 0.3 is 0 Å². The monoisotopic (exact) mass is 627 g/mol. The average molecular weight is 628 g/mol. The van der Waals surface area contributed by atoms with Crippen molar-refractivity contribution >= 4 is 27.5 Å². The van der Waals surface area contributed by atoms with E-state index in [0.717, 1.165) is 33.8 Å². The second-order valence-corrected chi connectivity index (χ2v) is 12.7. The highest BCUT2D eigenvalue weighted by molar-refractivity contribution is 7.92. The van der Waals surface area contributed by atoms with Crippen molar-refractivity contribution < 1.29 is 22.7 Å². The minimum atomic E-state index is -4.18. The van der Waals surface area contributed by atoms with Crippen molar-refractivity contribution in [1.29, 1.82) is 0 Å². The Morgan fingerprint density at radius 3 is 2.04 bits per heavy atom. The number of aryl methyl sites for hydroxylation is 1. The largest absolute Gasteiger partial charge is 0.497 e. The first kappa shape index (κ1) is 33.3. The highest BCUT2D eigenvalue weighted by Crippen LogP contribution is 2.26. The molecule has 0 aliphatic heterocycles. The number of ether oxygens (including phenoxy) is 1. The SMILES string of the molecule is CCCCNC(=O)[C@H](Cc1ccccc1)N(Cc1ccc(C)cc1)C(=O)CN(c1ccccc1)S(=O)(=O)c1ccc(OC)cc1. The summed E-state index contributed by atoms with van der Waals surface area (Å²) in [5, 5.41) is 3.01. The lowest BCUT2D eigenvalue weighted by Gasteiger charge is -2.34. The molecule has 0 spiro atoms. The molecule has 0 aliphatic carbocycles. The van der Waals surface area contributed by atoms with Crippen molar-refractivity contribution in [2.24, 2.45) is 0 Å². The zero-order valence-corrected chi connectivity index (χ0v) is 26.9. The van der Waals surface area contributed by atoms with Crippen molar-refractivity contribution in [3.63, 3.8) is 0 Å². The molecule has 0 fully saturated rings. The fourth-order valence-corrected chi connectivity index (χ4v) is 6.36. The third kappa shape index (κ3) is 8.95. The van der Waals surface area contributed by atoms with E-state index in [2.05, 4.69) is 5.32 Å². The van der Waals surface area contributed by atoms with Gasteiger partial charge in [0.15, 0.2) is 0 Å². The first-order valence-electron chi connectivity index (χ1n) is 15.1. The summed E-state index contributed by atoms with van der Waals surface area (Å²) in [7, 11) is -2.67. The summed E-state index contributed by atoms with van der Waals surface area (Å²) in [6, 6.07) is 31.0. The van der Waals surface area contributed by atoms with Crippen molar-refractivity contribution in [2.75, 3.05) is 24.5 Å². The molecule has 9 heteroatoms. The number of nitrogens with zero attached hydrogens (tertiary/aromatic N) is 2. The Morgan fingerprint density at radius 2 is 1.44 bits per heavy atom. The van der Waals surface area contributed by atoms with E-state index in [4.69, 9.17) is 4.74 Å². The zero-order chi connectivity index (χ0) is 32.2. The van der Waals surface area contributed by atoms with E-state index in [0.29, 0.717) is 18.0 Å².